The molecule has 8 heteroatoms. The van der Waals surface area contributed by atoms with Crippen molar-refractivity contribution in [1.82, 2.24) is 19.7 Å². The van der Waals surface area contributed by atoms with Gasteiger partial charge in [-0.15, -0.1) is 0 Å². The Hall–Kier alpha value is -2.74. The van der Waals surface area contributed by atoms with Gasteiger partial charge in [-0.3, -0.25) is 14.6 Å². The molecule has 1 N–H and O–H groups in total. The molecule has 2 aliphatic rings. The lowest BCUT2D eigenvalue weighted by atomic mass is 9.76. The Morgan fingerprint density at radius 3 is 2.84 bits per heavy atom. The van der Waals surface area contributed by atoms with Crippen LogP contribution < -0.4 is 0 Å². The number of carbonyl (C=O) groups excluding carboxylic acids is 1. The highest BCUT2D eigenvalue weighted by Gasteiger charge is 2.55. The maximum atomic E-state index is 12.8. The summed E-state index contributed by atoms with van der Waals surface area (Å²) in [5.74, 6) is -1.16. The smallest absolute Gasteiger partial charge is 0.314 e. The van der Waals surface area contributed by atoms with Crippen LogP contribution in [0.1, 0.15) is 16.8 Å². The second-order valence-electron chi connectivity index (χ2n) is 6.56. The molecule has 0 radical (unpaired) electrons. The van der Waals surface area contributed by atoms with Gasteiger partial charge in [0.1, 0.15) is 5.41 Å². The zero-order chi connectivity index (χ0) is 17.4. The highest BCUT2D eigenvalue weighted by molar-refractivity contribution is 5.94. The summed E-state index contributed by atoms with van der Waals surface area (Å²) >= 11 is 0. The number of amides is 1. The van der Waals surface area contributed by atoms with Crippen LogP contribution in [0.15, 0.2) is 36.9 Å². The van der Waals surface area contributed by atoms with E-state index in [0.717, 1.165) is 5.69 Å². The van der Waals surface area contributed by atoms with Gasteiger partial charge in [-0.05, 0) is 24.5 Å². The van der Waals surface area contributed by atoms with Gasteiger partial charge < -0.3 is 14.7 Å². The number of likely N-dealkylation sites (tertiary alicyclic amines) is 1. The number of aromatic nitrogens is 3. The van der Waals surface area contributed by atoms with Gasteiger partial charge in [0, 0.05) is 38.3 Å². The molecule has 2 atom stereocenters. The number of carboxylic acids is 1. The summed E-state index contributed by atoms with van der Waals surface area (Å²) in [6, 6.07) is 3.59. The second kappa shape index (κ2) is 5.96. The Bertz CT molecular complexity index is 806. The largest absolute Gasteiger partial charge is 0.481 e. The first-order valence-electron chi connectivity index (χ1n) is 8.16. The van der Waals surface area contributed by atoms with Gasteiger partial charge >= 0.3 is 5.97 Å². The summed E-state index contributed by atoms with van der Waals surface area (Å²) in [5.41, 5.74) is 0.256. The Balaban J connectivity index is 1.56. The van der Waals surface area contributed by atoms with E-state index in [-0.39, 0.29) is 25.0 Å². The average Bonchev–Trinajstić information content (AvgIpc) is 3.27. The molecule has 0 aliphatic carbocycles. The molecule has 0 saturated carbocycles. The molecule has 4 heterocycles. The predicted octanol–water partition coefficient (Wildman–Crippen LogP) is 0.831. The van der Waals surface area contributed by atoms with E-state index in [2.05, 4.69) is 10.1 Å². The summed E-state index contributed by atoms with van der Waals surface area (Å²) in [4.78, 5) is 30.2. The summed E-state index contributed by atoms with van der Waals surface area (Å²) in [5, 5.41) is 13.9. The fraction of sp³-hybridized carbons (Fsp3) is 0.412. The molecule has 2 fully saturated rings. The van der Waals surface area contributed by atoms with Crippen molar-refractivity contribution < 1.29 is 19.4 Å². The molecule has 8 nitrogen and oxygen atoms in total. The molecule has 0 spiro atoms. The van der Waals surface area contributed by atoms with E-state index in [0.29, 0.717) is 25.1 Å². The number of hydrogen-bond acceptors (Lipinski definition) is 5. The van der Waals surface area contributed by atoms with Gasteiger partial charge in [0.05, 0.1) is 24.1 Å². The SMILES string of the molecule is O=C(c1cnn(-c2ccncc2)c1)N1C[C@H]2CCOC[C@@]2(C(=O)O)C1. The first kappa shape index (κ1) is 15.8. The van der Waals surface area contributed by atoms with Crippen molar-refractivity contribution in [3.63, 3.8) is 0 Å². The van der Waals surface area contributed by atoms with Crippen LogP contribution in [0, 0.1) is 11.3 Å². The summed E-state index contributed by atoms with van der Waals surface area (Å²) in [6.07, 6.45) is 7.13. The molecule has 25 heavy (non-hydrogen) atoms. The first-order valence-corrected chi connectivity index (χ1v) is 8.16. The van der Waals surface area contributed by atoms with Gasteiger partial charge in [-0.1, -0.05) is 0 Å². The summed E-state index contributed by atoms with van der Waals surface area (Å²) in [7, 11) is 0. The zero-order valence-corrected chi connectivity index (χ0v) is 13.5. The van der Waals surface area contributed by atoms with Crippen LogP contribution in [-0.4, -0.2) is 63.0 Å². The second-order valence-corrected chi connectivity index (χ2v) is 6.56. The van der Waals surface area contributed by atoms with Crippen LogP contribution in [0.4, 0.5) is 0 Å². The Morgan fingerprint density at radius 2 is 2.12 bits per heavy atom. The third kappa shape index (κ3) is 2.58. The molecule has 130 valence electrons. The normalized spacial score (nSPS) is 25.6. The quantitative estimate of drug-likeness (QED) is 0.887. The molecule has 0 bridgehead atoms. The molecule has 2 aromatic rings. The number of fused-ring (bicyclic) bond motifs is 1. The fourth-order valence-electron chi connectivity index (χ4n) is 3.70. The van der Waals surface area contributed by atoms with Crippen molar-refractivity contribution in [2.75, 3.05) is 26.3 Å². The summed E-state index contributed by atoms with van der Waals surface area (Å²) in [6.45, 7) is 1.32. The molecule has 1 amide bonds. The Labute approximate surface area is 144 Å². The molecule has 0 unspecified atom stereocenters. The number of nitrogens with zero attached hydrogens (tertiary/aromatic N) is 4. The molecule has 2 aromatic heterocycles. The first-order chi connectivity index (χ1) is 12.1. The number of aliphatic carboxylic acids is 1. The number of carbonyl (C=O) groups is 2. The highest BCUT2D eigenvalue weighted by atomic mass is 16.5. The minimum atomic E-state index is -0.991. The molecule has 0 aromatic carbocycles. The molecular weight excluding hydrogens is 324 g/mol. The van der Waals surface area contributed by atoms with E-state index >= 15 is 0 Å². The van der Waals surface area contributed by atoms with E-state index in [1.165, 1.54) is 6.20 Å². The maximum absolute atomic E-state index is 12.8. The van der Waals surface area contributed by atoms with Gasteiger partial charge in [0.25, 0.3) is 5.91 Å². The number of hydrogen-bond donors (Lipinski definition) is 1. The van der Waals surface area contributed by atoms with Gasteiger partial charge in [-0.25, -0.2) is 4.68 Å². The van der Waals surface area contributed by atoms with E-state index in [1.807, 2.05) is 0 Å². The lowest BCUT2D eigenvalue weighted by Crippen LogP contribution is -2.46. The standard InChI is InChI=1S/C17H18N4O4/c22-15(12-7-19-21(8-12)14-1-4-18-5-2-14)20-9-13-3-6-25-11-17(13,10-20)16(23)24/h1-2,4-5,7-8,13H,3,6,9-11H2,(H,23,24)/t13-,17+/m1/s1. The van der Waals surface area contributed by atoms with E-state index in [4.69, 9.17) is 4.74 Å². The predicted molar refractivity (Wildman–Crippen MR) is 86.3 cm³/mol. The minimum absolute atomic E-state index is 0.0713. The van der Waals surface area contributed by atoms with Crippen molar-refractivity contribution >= 4 is 11.9 Å². The van der Waals surface area contributed by atoms with E-state index in [9.17, 15) is 14.7 Å². The number of pyridine rings is 1. The number of rotatable bonds is 3. The number of carboxylic acid groups (broad SMARTS) is 1. The minimum Gasteiger partial charge on any atom is -0.481 e. The summed E-state index contributed by atoms with van der Waals surface area (Å²) < 4.78 is 7.01. The topological polar surface area (TPSA) is 97.5 Å². The van der Waals surface area contributed by atoms with Crippen molar-refractivity contribution in [2.45, 2.75) is 6.42 Å². The number of ether oxygens (including phenoxy) is 1. The monoisotopic (exact) mass is 342 g/mol. The average molecular weight is 342 g/mol. The van der Waals surface area contributed by atoms with Crippen LogP contribution >= 0.6 is 0 Å². The van der Waals surface area contributed by atoms with Crippen molar-refractivity contribution in [2.24, 2.45) is 11.3 Å². The van der Waals surface area contributed by atoms with Gasteiger partial charge in [0.15, 0.2) is 0 Å². The van der Waals surface area contributed by atoms with Crippen LogP contribution in [0.5, 0.6) is 0 Å². The Morgan fingerprint density at radius 1 is 1.32 bits per heavy atom. The maximum Gasteiger partial charge on any atom is 0.314 e. The van der Waals surface area contributed by atoms with Crippen molar-refractivity contribution in [3.05, 3.63) is 42.5 Å². The molecule has 2 aliphatic heterocycles. The fourth-order valence-corrected chi connectivity index (χ4v) is 3.70. The lowest BCUT2D eigenvalue weighted by molar-refractivity contribution is -0.159. The van der Waals surface area contributed by atoms with Gasteiger partial charge in [-0.2, -0.15) is 5.10 Å². The zero-order valence-electron chi connectivity index (χ0n) is 13.5. The third-order valence-electron chi connectivity index (χ3n) is 5.14. The van der Waals surface area contributed by atoms with Crippen LogP contribution in [0.2, 0.25) is 0 Å². The Kier molecular flexibility index (Phi) is 3.76. The van der Waals surface area contributed by atoms with Crippen molar-refractivity contribution in [1.29, 1.82) is 0 Å². The molecule has 2 saturated heterocycles. The van der Waals surface area contributed by atoms with Crippen LogP contribution in [0.25, 0.3) is 5.69 Å². The van der Waals surface area contributed by atoms with Crippen LogP contribution in [-0.2, 0) is 9.53 Å². The van der Waals surface area contributed by atoms with Crippen molar-refractivity contribution in [3.8, 4) is 5.69 Å². The van der Waals surface area contributed by atoms with Crippen LogP contribution in [0.3, 0.4) is 0 Å². The lowest BCUT2D eigenvalue weighted by Gasteiger charge is -2.33. The van der Waals surface area contributed by atoms with E-state index in [1.54, 1.807) is 40.3 Å². The molecular formula is C17H18N4O4. The van der Waals surface area contributed by atoms with E-state index < -0.39 is 11.4 Å². The molecule has 4 rings (SSSR count). The third-order valence-corrected chi connectivity index (χ3v) is 5.14. The highest BCUT2D eigenvalue weighted by Crippen LogP contribution is 2.42. The van der Waals surface area contributed by atoms with Gasteiger partial charge in [0.2, 0.25) is 0 Å².